The number of halogens is 6. The average Bonchev–Trinajstić information content (AvgIpc) is 1.77. The van der Waals surface area contributed by atoms with Crippen LogP contribution in [-0.4, -0.2) is 27.0 Å². The second kappa shape index (κ2) is 3.94. The van der Waals surface area contributed by atoms with Crippen LogP contribution >= 0.6 is 0 Å². The van der Waals surface area contributed by atoms with Crippen LogP contribution in [0.3, 0.4) is 0 Å². The van der Waals surface area contributed by atoms with Gasteiger partial charge >= 0.3 is 75.2 Å². The summed E-state index contributed by atoms with van der Waals surface area (Å²) in [5.41, 5.74) is 2.41. The Bertz CT molecular complexity index is 198. The first kappa shape index (κ1) is 12.9. The van der Waals surface area contributed by atoms with E-state index < -0.39 is 37.4 Å². The van der Waals surface area contributed by atoms with Gasteiger partial charge in [0.1, 0.15) is 0 Å². The first-order chi connectivity index (χ1) is 5.54. The minimum atomic E-state index is -4.89. The summed E-state index contributed by atoms with van der Waals surface area (Å²) in [6, 6.07) is 0. The number of hydrogen-bond acceptors (Lipinski definition) is 0. The third-order valence-corrected chi connectivity index (χ3v) is 3.90. The van der Waals surface area contributed by atoms with Crippen molar-refractivity contribution in [3.8, 4) is 0 Å². The molecule has 0 heterocycles. The summed E-state index contributed by atoms with van der Waals surface area (Å²) in [6.07, 6.45) is -10.4. The molecule has 13 heavy (non-hydrogen) atoms. The molecule has 0 fully saturated rings. The van der Waals surface area contributed by atoms with Crippen LogP contribution in [0.1, 0.15) is 0 Å². The van der Waals surface area contributed by atoms with E-state index in [9.17, 15) is 26.3 Å². The Labute approximate surface area is 75.9 Å². The van der Waals surface area contributed by atoms with Crippen LogP contribution in [0, 0.1) is 0 Å². The molecule has 0 aromatic carbocycles. The molecule has 0 aliphatic carbocycles. The van der Waals surface area contributed by atoms with E-state index >= 15 is 0 Å². The monoisotopic (exact) mass is 268 g/mol. The second-order valence-corrected chi connectivity index (χ2v) is 7.23. The van der Waals surface area contributed by atoms with Gasteiger partial charge in [-0.2, -0.15) is 0 Å². The molecule has 0 amide bonds. The molecule has 0 radical (unpaired) electrons. The van der Waals surface area contributed by atoms with Crippen LogP contribution in [0.5, 0.6) is 0 Å². The van der Waals surface area contributed by atoms with Crippen molar-refractivity contribution in [1.82, 2.24) is 0 Å². The Morgan fingerprint density at radius 1 is 1.00 bits per heavy atom. The molecule has 0 aromatic heterocycles. The molecule has 0 saturated carbocycles. The van der Waals surface area contributed by atoms with Gasteiger partial charge < -0.3 is 0 Å². The molecule has 7 heteroatoms. The zero-order chi connectivity index (χ0) is 10.9. The number of alkyl halides is 6. The molecule has 0 spiro atoms. The van der Waals surface area contributed by atoms with Crippen molar-refractivity contribution in [2.75, 3.05) is 0 Å². The van der Waals surface area contributed by atoms with Gasteiger partial charge in [0.05, 0.1) is 0 Å². The van der Waals surface area contributed by atoms with E-state index in [-0.39, 0.29) is 0 Å². The Hall–Kier alpha value is -0.122. The zero-order valence-electron chi connectivity index (χ0n) is 6.79. The van der Waals surface area contributed by atoms with Gasteiger partial charge in [0.25, 0.3) is 0 Å². The topological polar surface area (TPSA) is 0 Å². The van der Waals surface area contributed by atoms with Crippen molar-refractivity contribution in [3.63, 3.8) is 0 Å². The van der Waals surface area contributed by atoms with Gasteiger partial charge in [0.15, 0.2) is 0 Å². The predicted octanol–water partition coefficient (Wildman–Crippen LogP) is 3.33. The van der Waals surface area contributed by atoms with E-state index in [1.165, 1.54) is 11.4 Å². The normalized spacial score (nSPS) is 15.3. The molecular formula is C6H7AsF6. The summed E-state index contributed by atoms with van der Waals surface area (Å²) in [4.78, 5) is 0. The van der Waals surface area contributed by atoms with Gasteiger partial charge in [-0.25, -0.2) is 0 Å². The van der Waals surface area contributed by atoms with Crippen LogP contribution in [0.25, 0.3) is 0 Å². The molecule has 0 atom stereocenters. The van der Waals surface area contributed by atoms with Gasteiger partial charge in [-0.05, 0) is 0 Å². The first-order valence-corrected chi connectivity index (χ1v) is 7.77. The molecule has 0 aromatic rings. The Morgan fingerprint density at radius 2 is 1.38 bits per heavy atom. The molecule has 0 bridgehead atoms. The molecule has 0 saturated heterocycles. The summed E-state index contributed by atoms with van der Waals surface area (Å²) in [7, 11) is 0. The third kappa shape index (κ3) is 5.24. The number of hydrogen-bond donors (Lipinski definition) is 0. The van der Waals surface area contributed by atoms with Crippen LogP contribution in [0.2, 0.25) is 11.4 Å². The standard InChI is InChI=1S/C6H7AsF6/c1-7(2)4(6(11,12)13)3-5(8,9)10/h3H,1-2H3/b4-3+. The van der Waals surface area contributed by atoms with Crippen LogP contribution < -0.4 is 0 Å². The van der Waals surface area contributed by atoms with Crippen molar-refractivity contribution in [3.05, 3.63) is 10.4 Å². The second-order valence-electron chi connectivity index (χ2n) is 2.46. The fourth-order valence-electron chi connectivity index (χ4n) is 0.620. The molecule has 0 N–H and O–H groups in total. The maximum atomic E-state index is 12.0. The maximum absolute atomic E-state index is 12.0. The molecule has 0 aliphatic rings. The van der Waals surface area contributed by atoms with Crippen molar-refractivity contribution in [1.29, 1.82) is 0 Å². The van der Waals surface area contributed by atoms with Crippen molar-refractivity contribution in [2.24, 2.45) is 0 Å². The van der Waals surface area contributed by atoms with Gasteiger partial charge in [-0.3, -0.25) is 0 Å². The SMILES string of the molecule is C[As](C)/C(=C/C(F)(F)F)C(F)(F)F. The summed E-state index contributed by atoms with van der Waals surface area (Å²) >= 11 is -2.56. The predicted molar refractivity (Wildman–Crippen MR) is 37.7 cm³/mol. The number of allylic oxidation sites excluding steroid dienone is 2. The van der Waals surface area contributed by atoms with Crippen LogP contribution in [-0.2, 0) is 0 Å². The summed E-state index contributed by atoms with van der Waals surface area (Å²) in [5, 5.41) is 0. The molecule has 0 aliphatic heterocycles. The average molecular weight is 268 g/mol. The third-order valence-electron chi connectivity index (χ3n) is 1.07. The summed E-state index contributed by atoms with van der Waals surface area (Å²) in [5.74, 6) is 0. The Kier molecular flexibility index (Phi) is 3.91. The summed E-state index contributed by atoms with van der Waals surface area (Å²) < 4.78 is 69.4. The van der Waals surface area contributed by atoms with Crippen molar-refractivity contribution >= 4 is 14.7 Å². The molecule has 78 valence electrons. The number of rotatable bonds is 1. The fraction of sp³-hybridized carbons (Fsp3) is 0.667. The van der Waals surface area contributed by atoms with Gasteiger partial charge in [0.2, 0.25) is 0 Å². The first-order valence-electron chi connectivity index (χ1n) is 3.08. The van der Waals surface area contributed by atoms with E-state index in [4.69, 9.17) is 0 Å². The fourth-order valence-corrected chi connectivity index (χ4v) is 2.53. The van der Waals surface area contributed by atoms with Crippen LogP contribution in [0.4, 0.5) is 26.3 Å². The molecular weight excluding hydrogens is 261 g/mol. The van der Waals surface area contributed by atoms with Gasteiger partial charge in [-0.15, -0.1) is 0 Å². The molecule has 0 rings (SSSR count). The Balaban J connectivity index is 4.95. The van der Waals surface area contributed by atoms with Crippen molar-refractivity contribution < 1.29 is 26.3 Å². The van der Waals surface area contributed by atoms with E-state index in [0.29, 0.717) is 0 Å². The van der Waals surface area contributed by atoms with E-state index in [1.54, 1.807) is 0 Å². The van der Waals surface area contributed by atoms with E-state index in [2.05, 4.69) is 0 Å². The quantitative estimate of drug-likeness (QED) is 0.505. The van der Waals surface area contributed by atoms with Gasteiger partial charge in [0, 0.05) is 0 Å². The van der Waals surface area contributed by atoms with E-state index in [1.807, 2.05) is 0 Å². The summed E-state index contributed by atoms with van der Waals surface area (Å²) in [6.45, 7) is 0. The Morgan fingerprint density at radius 3 is 1.46 bits per heavy atom. The molecule has 0 unspecified atom stereocenters. The minimum absolute atomic E-state index is 0.632. The molecule has 0 nitrogen and oxygen atoms in total. The van der Waals surface area contributed by atoms with Crippen LogP contribution in [0.15, 0.2) is 10.4 Å². The zero-order valence-corrected chi connectivity index (χ0v) is 8.67. The van der Waals surface area contributed by atoms with E-state index in [0.717, 1.165) is 0 Å². The van der Waals surface area contributed by atoms with Gasteiger partial charge in [-0.1, -0.05) is 0 Å². The van der Waals surface area contributed by atoms with Crippen molar-refractivity contribution in [2.45, 2.75) is 23.8 Å².